The number of benzene rings is 1. The number of hydrogen-bond acceptors (Lipinski definition) is 3. The van der Waals surface area contributed by atoms with Crippen molar-refractivity contribution in [2.75, 3.05) is 0 Å². The second kappa shape index (κ2) is 28.7. The third-order valence-corrected chi connectivity index (χ3v) is 8.00. The highest BCUT2D eigenvalue weighted by atomic mass is 16.5. The van der Waals surface area contributed by atoms with E-state index in [1.807, 2.05) is 30.3 Å². The molecular weight excluding hydrogens is 496 g/mol. The molecule has 230 valence electrons. The highest BCUT2D eigenvalue weighted by Gasteiger charge is 2.04. The van der Waals surface area contributed by atoms with Gasteiger partial charge in [0.15, 0.2) is 0 Å². The summed E-state index contributed by atoms with van der Waals surface area (Å²) in [4.78, 5) is 22.3. The van der Waals surface area contributed by atoms with Crippen LogP contribution in [0, 0.1) is 0 Å². The number of carboxylic acids is 1. The van der Waals surface area contributed by atoms with Gasteiger partial charge in [0.2, 0.25) is 0 Å². The molecule has 0 saturated carbocycles. The molecule has 0 atom stereocenters. The van der Waals surface area contributed by atoms with Crippen LogP contribution in [-0.2, 0) is 9.59 Å². The van der Waals surface area contributed by atoms with Gasteiger partial charge < -0.3 is 9.84 Å². The lowest BCUT2D eigenvalue weighted by atomic mass is 10.0. The molecule has 0 aliphatic heterocycles. The Bertz CT molecular complexity index is 687. The number of rotatable bonds is 30. The van der Waals surface area contributed by atoms with Crippen LogP contribution in [0.4, 0.5) is 0 Å². The summed E-state index contributed by atoms with van der Waals surface area (Å²) in [5, 5.41) is 8.63. The summed E-state index contributed by atoms with van der Waals surface area (Å²) in [6.07, 6.45) is 35.0. The van der Waals surface area contributed by atoms with E-state index in [1.54, 1.807) is 0 Å². The fraction of sp³-hybridized carbons (Fsp3) is 0.778. The van der Waals surface area contributed by atoms with Crippen LogP contribution in [0.15, 0.2) is 30.3 Å². The largest absolute Gasteiger partial charge is 0.481 e. The smallest absolute Gasteiger partial charge is 0.311 e. The van der Waals surface area contributed by atoms with Crippen LogP contribution in [0.1, 0.15) is 180 Å². The second-order valence-electron chi connectivity index (χ2n) is 11.9. The SMILES string of the molecule is O=C(O)CCCCCCCCCCCCCCCCCCCCCCCCCCCCC(=O)Oc1ccccc1. The maximum absolute atomic E-state index is 11.8. The van der Waals surface area contributed by atoms with Gasteiger partial charge in [-0.05, 0) is 25.0 Å². The van der Waals surface area contributed by atoms with Gasteiger partial charge >= 0.3 is 11.9 Å². The monoisotopic (exact) mass is 558 g/mol. The molecule has 0 heterocycles. The van der Waals surface area contributed by atoms with E-state index in [1.165, 1.54) is 141 Å². The van der Waals surface area contributed by atoms with E-state index in [-0.39, 0.29) is 5.97 Å². The van der Waals surface area contributed by atoms with Crippen molar-refractivity contribution in [1.29, 1.82) is 0 Å². The average molecular weight is 559 g/mol. The van der Waals surface area contributed by atoms with Gasteiger partial charge in [-0.25, -0.2) is 0 Å². The molecule has 4 nitrogen and oxygen atoms in total. The Kier molecular flexibility index (Phi) is 25.9. The summed E-state index contributed by atoms with van der Waals surface area (Å²) < 4.78 is 5.33. The first-order valence-electron chi connectivity index (χ1n) is 17.2. The van der Waals surface area contributed by atoms with Gasteiger partial charge in [0.05, 0.1) is 0 Å². The first-order valence-corrected chi connectivity index (χ1v) is 17.2. The zero-order valence-corrected chi connectivity index (χ0v) is 25.9. The van der Waals surface area contributed by atoms with Crippen molar-refractivity contribution >= 4 is 11.9 Å². The molecule has 1 aromatic carbocycles. The van der Waals surface area contributed by atoms with E-state index < -0.39 is 5.97 Å². The molecule has 0 spiro atoms. The van der Waals surface area contributed by atoms with E-state index in [9.17, 15) is 9.59 Å². The molecule has 0 aliphatic rings. The number of carbonyl (C=O) groups excluding carboxylic acids is 1. The Morgan fingerprint density at radius 1 is 0.425 bits per heavy atom. The van der Waals surface area contributed by atoms with Crippen molar-refractivity contribution in [2.45, 2.75) is 180 Å². The summed E-state index contributed by atoms with van der Waals surface area (Å²) in [5.41, 5.74) is 0. The summed E-state index contributed by atoms with van der Waals surface area (Å²) in [5.74, 6) is -0.121. The van der Waals surface area contributed by atoms with Crippen LogP contribution < -0.4 is 4.74 Å². The number of para-hydroxylation sites is 1. The fourth-order valence-corrected chi connectivity index (χ4v) is 5.46. The van der Waals surface area contributed by atoms with Crippen molar-refractivity contribution in [2.24, 2.45) is 0 Å². The van der Waals surface area contributed by atoms with Crippen LogP contribution in [0.5, 0.6) is 5.75 Å². The predicted octanol–water partition coefficient (Wildman–Crippen LogP) is 11.6. The first-order chi connectivity index (χ1) is 19.7. The lowest BCUT2D eigenvalue weighted by Gasteiger charge is -2.05. The Morgan fingerprint density at radius 3 is 1.00 bits per heavy atom. The standard InChI is InChI=1S/C36H62O4/c37-35(38)32-28-23-21-19-17-15-13-11-9-7-5-3-1-2-4-6-8-10-12-14-16-18-20-22-24-29-33-36(39)40-34-30-26-25-27-31-34/h25-27,30-31H,1-24,28-29,32-33H2,(H,37,38). The Morgan fingerprint density at radius 2 is 0.700 bits per heavy atom. The van der Waals surface area contributed by atoms with E-state index in [0.29, 0.717) is 18.6 Å². The third kappa shape index (κ3) is 26.4. The van der Waals surface area contributed by atoms with Gasteiger partial charge in [-0.15, -0.1) is 0 Å². The quantitative estimate of drug-likeness (QED) is 0.0579. The highest BCUT2D eigenvalue weighted by molar-refractivity contribution is 5.72. The van der Waals surface area contributed by atoms with Crippen LogP contribution in [0.2, 0.25) is 0 Å². The highest BCUT2D eigenvalue weighted by Crippen LogP contribution is 2.17. The Labute approximate surface area is 247 Å². The van der Waals surface area contributed by atoms with Crippen LogP contribution in [0.3, 0.4) is 0 Å². The second-order valence-corrected chi connectivity index (χ2v) is 11.9. The third-order valence-electron chi connectivity index (χ3n) is 8.00. The van der Waals surface area contributed by atoms with Gasteiger partial charge in [-0.1, -0.05) is 172 Å². The first kappa shape index (κ1) is 36.2. The van der Waals surface area contributed by atoms with Crippen LogP contribution in [-0.4, -0.2) is 17.0 Å². The molecule has 1 rings (SSSR count). The number of unbranched alkanes of at least 4 members (excludes halogenated alkanes) is 25. The van der Waals surface area contributed by atoms with Gasteiger partial charge in [-0.3, -0.25) is 9.59 Å². The molecule has 40 heavy (non-hydrogen) atoms. The van der Waals surface area contributed by atoms with Gasteiger partial charge in [0, 0.05) is 12.8 Å². The minimum Gasteiger partial charge on any atom is -0.481 e. The van der Waals surface area contributed by atoms with Crippen molar-refractivity contribution in [1.82, 2.24) is 0 Å². The predicted molar refractivity (Wildman–Crippen MR) is 169 cm³/mol. The van der Waals surface area contributed by atoms with E-state index in [0.717, 1.165) is 25.7 Å². The minimum atomic E-state index is -0.657. The van der Waals surface area contributed by atoms with E-state index >= 15 is 0 Å². The summed E-state index contributed by atoms with van der Waals surface area (Å²) in [6, 6.07) is 9.35. The molecule has 0 amide bonds. The van der Waals surface area contributed by atoms with Crippen LogP contribution in [0.25, 0.3) is 0 Å². The molecule has 0 aromatic heterocycles. The van der Waals surface area contributed by atoms with Crippen molar-refractivity contribution in [3.63, 3.8) is 0 Å². The lowest BCUT2D eigenvalue weighted by Crippen LogP contribution is -2.07. The van der Waals surface area contributed by atoms with Crippen molar-refractivity contribution < 1.29 is 19.4 Å². The molecule has 0 fully saturated rings. The number of aliphatic carboxylic acids is 1. The average Bonchev–Trinajstić information content (AvgIpc) is 2.95. The number of esters is 1. The molecule has 0 bridgehead atoms. The number of hydrogen-bond donors (Lipinski definition) is 1. The van der Waals surface area contributed by atoms with Crippen LogP contribution >= 0.6 is 0 Å². The van der Waals surface area contributed by atoms with Crippen molar-refractivity contribution in [3.05, 3.63) is 30.3 Å². The number of carboxylic acid groups (broad SMARTS) is 1. The molecule has 1 N–H and O–H groups in total. The summed E-state index contributed by atoms with van der Waals surface area (Å²) in [6.45, 7) is 0. The molecule has 0 aliphatic carbocycles. The molecule has 0 saturated heterocycles. The lowest BCUT2D eigenvalue weighted by molar-refractivity contribution is -0.137. The van der Waals surface area contributed by atoms with Gasteiger partial charge in [0.1, 0.15) is 5.75 Å². The summed E-state index contributed by atoms with van der Waals surface area (Å²) in [7, 11) is 0. The van der Waals surface area contributed by atoms with Crippen molar-refractivity contribution in [3.8, 4) is 5.75 Å². The number of carbonyl (C=O) groups is 2. The Balaban J connectivity index is 1.66. The maximum Gasteiger partial charge on any atom is 0.311 e. The molecule has 4 heteroatoms. The molecular formula is C36H62O4. The topological polar surface area (TPSA) is 63.6 Å². The zero-order valence-electron chi connectivity index (χ0n) is 25.9. The van der Waals surface area contributed by atoms with Gasteiger partial charge in [-0.2, -0.15) is 0 Å². The molecule has 0 unspecified atom stereocenters. The van der Waals surface area contributed by atoms with E-state index in [4.69, 9.17) is 9.84 Å². The summed E-state index contributed by atoms with van der Waals surface area (Å²) >= 11 is 0. The Hall–Kier alpha value is -1.84. The van der Waals surface area contributed by atoms with Gasteiger partial charge in [0.25, 0.3) is 0 Å². The minimum absolute atomic E-state index is 0.111. The maximum atomic E-state index is 11.8. The fourth-order valence-electron chi connectivity index (χ4n) is 5.46. The molecule has 1 aromatic rings. The number of ether oxygens (including phenoxy) is 1. The normalized spacial score (nSPS) is 11.1. The van der Waals surface area contributed by atoms with E-state index in [2.05, 4.69) is 0 Å². The zero-order chi connectivity index (χ0) is 28.8. The molecule has 0 radical (unpaired) electrons.